The fourth-order valence-electron chi connectivity index (χ4n) is 0.953. The van der Waals surface area contributed by atoms with E-state index in [-0.39, 0.29) is 24.1 Å². The van der Waals surface area contributed by atoms with Gasteiger partial charge in [0.2, 0.25) is 0 Å². The number of esters is 2. The second-order valence-electron chi connectivity index (χ2n) is 5.09. The van der Waals surface area contributed by atoms with Crippen LogP contribution in [0.15, 0.2) is 0 Å². The van der Waals surface area contributed by atoms with Crippen LogP contribution < -0.4 is 0 Å². The molecule has 0 N–H and O–H groups in total. The molecule has 0 aliphatic rings. The molecule has 0 aliphatic heterocycles. The fraction of sp³-hybridized carbons (Fsp3) is 0.778. The van der Waals surface area contributed by atoms with E-state index in [0.717, 1.165) is 0 Å². The zero-order valence-electron chi connectivity index (χ0n) is 18.7. The summed E-state index contributed by atoms with van der Waals surface area (Å²) in [7, 11) is 2.56. The molecular formula is C18H36O10. The molecule has 0 aromatic rings. The highest BCUT2D eigenvalue weighted by Crippen LogP contribution is 1.89. The van der Waals surface area contributed by atoms with Gasteiger partial charge >= 0.3 is 24.2 Å². The standard InChI is InChI=1S/C5H10O3.C5H10O2.C4H8O3.C4H8O2/c1-4(2)8-5(6)7-3;1-4(2)7-5(3)6;1-3-7-4(5)6-2;1-3-6-4(2)5/h4H,1-3H3;4H,1-3H3;3H2,1-2H3;3H2,1-2H3. The van der Waals surface area contributed by atoms with Gasteiger partial charge in [-0.1, -0.05) is 0 Å². The molecule has 0 saturated carbocycles. The molecule has 0 atom stereocenters. The lowest BCUT2D eigenvalue weighted by Crippen LogP contribution is -2.10. The number of methoxy groups -OCH3 is 2. The van der Waals surface area contributed by atoms with Crippen molar-refractivity contribution < 1.29 is 47.6 Å². The summed E-state index contributed by atoms with van der Waals surface area (Å²) in [4.78, 5) is 40.0. The van der Waals surface area contributed by atoms with Crippen LogP contribution in [0.25, 0.3) is 0 Å². The van der Waals surface area contributed by atoms with Crippen molar-refractivity contribution in [1.82, 2.24) is 0 Å². The quantitative estimate of drug-likeness (QED) is 0.500. The molecule has 0 aromatic heterocycles. The number of hydrogen-bond donors (Lipinski definition) is 0. The lowest BCUT2D eigenvalue weighted by molar-refractivity contribution is -0.144. The first-order valence-corrected chi connectivity index (χ1v) is 8.63. The van der Waals surface area contributed by atoms with Crippen molar-refractivity contribution >= 4 is 24.2 Å². The van der Waals surface area contributed by atoms with Crippen LogP contribution in [0.4, 0.5) is 9.59 Å². The fourth-order valence-corrected chi connectivity index (χ4v) is 0.953. The Kier molecular flexibility index (Phi) is 28.9. The Hall–Kier alpha value is -2.52. The molecule has 0 unspecified atom stereocenters. The number of carbonyl (C=O) groups excluding carboxylic acids is 4. The van der Waals surface area contributed by atoms with Gasteiger partial charge in [-0.25, -0.2) is 9.59 Å². The summed E-state index contributed by atoms with van der Waals surface area (Å²) in [5.74, 6) is -0.424. The van der Waals surface area contributed by atoms with Crippen LogP contribution >= 0.6 is 0 Å². The number of ether oxygens (including phenoxy) is 6. The van der Waals surface area contributed by atoms with E-state index in [1.54, 1.807) is 27.7 Å². The molecule has 168 valence electrons. The Morgan fingerprint density at radius 3 is 1.11 bits per heavy atom. The van der Waals surface area contributed by atoms with Crippen molar-refractivity contribution in [2.24, 2.45) is 0 Å². The first kappa shape index (κ1) is 33.1. The van der Waals surface area contributed by atoms with E-state index >= 15 is 0 Å². The predicted molar refractivity (Wildman–Crippen MR) is 102 cm³/mol. The van der Waals surface area contributed by atoms with Crippen LogP contribution in [0, 0.1) is 0 Å². The van der Waals surface area contributed by atoms with Crippen molar-refractivity contribution in [3.63, 3.8) is 0 Å². The van der Waals surface area contributed by atoms with Gasteiger partial charge in [0, 0.05) is 13.8 Å². The van der Waals surface area contributed by atoms with Gasteiger partial charge in [0.1, 0.15) is 0 Å². The molecule has 0 bridgehead atoms. The third kappa shape index (κ3) is 49.5. The molecule has 0 aromatic carbocycles. The summed E-state index contributed by atoms with van der Waals surface area (Å²) in [6.07, 6.45) is -1.32. The maximum atomic E-state index is 10.2. The minimum absolute atomic E-state index is 0.0255. The van der Waals surface area contributed by atoms with Crippen LogP contribution in [-0.4, -0.2) is 63.9 Å². The molecule has 10 heteroatoms. The second-order valence-corrected chi connectivity index (χ2v) is 5.09. The molecule has 0 heterocycles. The van der Waals surface area contributed by atoms with Crippen LogP contribution in [0.3, 0.4) is 0 Å². The zero-order chi connectivity index (χ0) is 23.1. The van der Waals surface area contributed by atoms with Crippen molar-refractivity contribution in [3.05, 3.63) is 0 Å². The predicted octanol–water partition coefficient (Wildman–Crippen LogP) is 3.49. The summed E-state index contributed by atoms with van der Waals surface area (Å²) in [6, 6.07) is 0. The van der Waals surface area contributed by atoms with Crippen molar-refractivity contribution in [2.45, 2.75) is 67.6 Å². The Morgan fingerprint density at radius 1 is 0.643 bits per heavy atom. The van der Waals surface area contributed by atoms with Crippen molar-refractivity contribution in [3.8, 4) is 0 Å². The first-order chi connectivity index (χ1) is 12.9. The molecule has 0 saturated heterocycles. The lowest BCUT2D eigenvalue weighted by Gasteiger charge is -2.03. The topological polar surface area (TPSA) is 124 Å². The third-order valence-corrected chi connectivity index (χ3v) is 1.68. The molecule has 0 amide bonds. The molecule has 0 radical (unpaired) electrons. The summed E-state index contributed by atoms with van der Waals surface area (Å²) < 4.78 is 26.2. The van der Waals surface area contributed by atoms with Gasteiger partial charge in [-0.05, 0) is 41.5 Å². The van der Waals surface area contributed by atoms with Gasteiger partial charge in [-0.2, -0.15) is 0 Å². The van der Waals surface area contributed by atoms with Gasteiger partial charge in [0.25, 0.3) is 0 Å². The Bertz CT molecular complexity index is 405. The average Bonchev–Trinajstić information content (AvgIpc) is 2.54. The number of carbonyl (C=O) groups is 4. The van der Waals surface area contributed by atoms with E-state index in [1.165, 1.54) is 28.1 Å². The van der Waals surface area contributed by atoms with Crippen molar-refractivity contribution in [2.75, 3.05) is 27.4 Å². The van der Waals surface area contributed by atoms with Crippen LogP contribution in [0.2, 0.25) is 0 Å². The molecule has 0 rings (SSSR count). The maximum absolute atomic E-state index is 10.2. The molecule has 0 fully saturated rings. The van der Waals surface area contributed by atoms with E-state index in [1.807, 2.05) is 13.8 Å². The van der Waals surface area contributed by atoms with Gasteiger partial charge in [0.15, 0.2) is 0 Å². The average molecular weight is 412 g/mol. The number of rotatable bonds is 4. The Labute approximate surface area is 167 Å². The first-order valence-electron chi connectivity index (χ1n) is 8.63. The normalized spacial score (nSPS) is 8.43. The molecule has 28 heavy (non-hydrogen) atoms. The van der Waals surface area contributed by atoms with Gasteiger partial charge in [-0.15, -0.1) is 0 Å². The summed E-state index contributed by atoms with van der Waals surface area (Å²) >= 11 is 0. The monoisotopic (exact) mass is 412 g/mol. The van der Waals surface area contributed by atoms with E-state index in [9.17, 15) is 19.2 Å². The van der Waals surface area contributed by atoms with Gasteiger partial charge in [0.05, 0.1) is 39.6 Å². The SMILES string of the molecule is CC(=O)OC(C)C.CCOC(=O)OC.CCOC(C)=O.COC(=O)OC(C)C. The summed E-state index contributed by atoms with van der Waals surface area (Å²) in [6.45, 7) is 14.3. The lowest BCUT2D eigenvalue weighted by atomic mass is 10.5. The van der Waals surface area contributed by atoms with Crippen molar-refractivity contribution in [1.29, 1.82) is 0 Å². The minimum atomic E-state index is -0.625. The maximum Gasteiger partial charge on any atom is 0.508 e. The largest absolute Gasteiger partial charge is 0.508 e. The van der Waals surface area contributed by atoms with E-state index in [0.29, 0.717) is 13.2 Å². The van der Waals surface area contributed by atoms with Crippen LogP contribution in [-0.2, 0) is 38.0 Å². The van der Waals surface area contributed by atoms with Gasteiger partial charge < -0.3 is 28.4 Å². The van der Waals surface area contributed by atoms with E-state index in [4.69, 9.17) is 0 Å². The van der Waals surface area contributed by atoms with E-state index < -0.39 is 12.3 Å². The van der Waals surface area contributed by atoms with Crippen LogP contribution in [0.5, 0.6) is 0 Å². The Balaban J connectivity index is -0.000000138. The van der Waals surface area contributed by atoms with E-state index in [2.05, 4.69) is 28.4 Å². The highest BCUT2D eigenvalue weighted by Gasteiger charge is 2.01. The smallest absolute Gasteiger partial charge is 0.466 e. The zero-order valence-corrected chi connectivity index (χ0v) is 18.7. The molecule has 0 spiro atoms. The highest BCUT2D eigenvalue weighted by atomic mass is 16.7. The van der Waals surface area contributed by atoms with Gasteiger partial charge in [-0.3, -0.25) is 9.59 Å². The van der Waals surface area contributed by atoms with Crippen LogP contribution in [0.1, 0.15) is 55.4 Å². The highest BCUT2D eigenvalue weighted by molar-refractivity contribution is 5.66. The Morgan fingerprint density at radius 2 is 1.04 bits per heavy atom. The minimum Gasteiger partial charge on any atom is -0.466 e. The molecule has 0 aliphatic carbocycles. The second kappa shape index (κ2) is 24.5. The molecule has 10 nitrogen and oxygen atoms in total. The molecular weight excluding hydrogens is 376 g/mol. The number of hydrogen-bond acceptors (Lipinski definition) is 10. The summed E-state index contributed by atoms with van der Waals surface area (Å²) in [5, 5.41) is 0. The summed E-state index contributed by atoms with van der Waals surface area (Å²) in [5.41, 5.74) is 0. The third-order valence-electron chi connectivity index (χ3n) is 1.68.